The van der Waals surface area contributed by atoms with Gasteiger partial charge in [-0.15, -0.1) is 0 Å². The number of rotatable bonds is 0. The molecule has 0 saturated heterocycles. The third-order valence-electron chi connectivity index (χ3n) is 2.86. The van der Waals surface area contributed by atoms with Crippen LogP contribution in [0.25, 0.3) is 0 Å². The molecule has 0 bridgehead atoms. The lowest BCUT2D eigenvalue weighted by molar-refractivity contribution is 0.0708. The van der Waals surface area contributed by atoms with Crippen LogP contribution in [0.5, 0.6) is 0 Å². The molecule has 0 aliphatic heterocycles. The van der Waals surface area contributed by atoms with Crippen LogP contribution in [0.3, 0.4) is 0 Å². The van der Waals surface area contributed by atoms with Gasteiger partial charge in [-0.3, -0.25) is 29.1 Å². The number of H-pyrrole nitrogens is 2. The summed E-state index contributed by atoms with van der Waals surface area (Å²) >= 11 is 0. The van der Waals surface area contributed by atoms with E-state index in [-0.39, 0.29) is 11.1 Å². The van der Waals surface area contributed by atoms with Gasteiger partial charge in [0.25, 0.3) is 11.1 Å². The highest BCUT2D eigenvalue weighted by Crippen LogP contribution is 1.90. The molecule has 2 aromatic rings. The Hall–Kier alpha value is -3.30. The van der Waals surface area contributed by atoms with Crippen LogP contribution in [-0.2, 0) is 0 Å². The van der Waals surface area contributed by atoms with Gasteiger partial charge in [-0.25, -0.2) is 18.7 Å². The molecule has 0 aromatic carbocycles. The van der Waals surface area contributed by atoms with Crippen LogP contribution >= 0.6 is 0 Å². The van der Waals surface area contributed by atoms with Crippen molar-refractivity contribution in [2.24, 2.45) is 0 Å². The van der Waals surface area contributed by atoms with Gasteiger partial charge in [0.2, 0.25) is 0 Å². The standard InChI is InChI=1S/C12H10N4O6/c1-5-3-15(11(21)13-7(5)17)9(19)10(20)16-4-6(2)8(18)14-12(16)22/h3-4H,1-2H3,(H,13,17,21)(H,14,18,22). The van der Waals surface area contributed by atoms with Gasteiger partial charge >= 0.3 is 23.2 Å². The number of carbonyl (C=O) groups is 2. The molecule has 0 radical (unpaired) electrons. The van der Waals surface area contributed by atoms with E-state index in [1.807, 2.05) is 9.97 Å². The number of aromatic amines is 2. The lowest BCUT2D eigenvalue weighted by Gasteiger charge is -2.06. The van der Waals surface area contributed by atoms with Crippen molar-refractivity contribution >= 4 is 11.8 Å². The van der Waals surface area contributed by atoms with E-state index in [2.05, 4.69) is 0 Å². The predicted octanol–water partition coefficient (Wildman–Crippen LogP) is -2.02. The van der Waals surface area contributed by atoms with Gasteiger partial charge in [0, 0.05) is 23.5 Å². The Morgan fingerprint density at radius 1 is 0.773 bits per heavy atom. The molecule has 0 fully saturated rings. The summed E-state index contributed by atoms with van der Waals surface area (Å²) < 4.78 is 0.762. The number of hydrogen-bond acceptors (Lipinski definition) is 6. The van der Waals surface area contributed by atoms with Crippen LogP contribution in [-0.4, -0.2) is 30.9 Å². The van der Waals surface area contributed by atoms with E-state index in [9.17, 15) is 28.8 Å². The first-order valence-electron chi connectivity index (χ1n) is 5.96. The van der Waals surface area contributed by atoms with E-state index >= 15 is 0 Å². The normalized spacial score (nSPS) is 10.5. The quantitative estimate of drug-likeness (QED) is 0.538. The molecule has 0 atom stereocenters. The number of aryl methyl sites for hydroxylation is 2. The summed E-state index contributed by atoms with van der Waals surface area (Å²) in [5.74, 6) is -2.70. The van der Waals surface area contributed by atoms with E-state index in [1.54, 1.807) is 0 Å². The van der Waals surface area contributed by atoms with Crippen molar-refractivity contribution in [1.82, 2.24) is 19.1 Å². The minimum atomic E-state index is -1.35. The summed E-state index contributed by atoms with van der Waals surface area (Å²) in [4.78, 5) is 73.4. The van der Waals surface area contributed by atoms with Gasteiger partial charge < -0.3 is 0 Å². The van der Waals surface area contributed by atoms with E-state index in [0.717, 1.165) is 12.4 Å². The molecule has 10 heteroatoms. The molecule has 0 amide bonds. The second-order valence-corrected chi connectivity index (χ2v) is 4.49. The lowest BCUT2D eigenvalue weighted by Crippen LogP contribution is -2.43. The lowest BCUT2D eigenvalue weighted by atomic mass is 10.3. The molecule has 2 aromatic heterocycles. The van der Waals surface area contributed by atoms with Gasteiger partial charge in [0.1, 0.15) is 0 Å². The third kappa shape index (κ3) is 2.49. The highest BCUT2D eigenvalue weighted by molar-refractivity contribution is 6.36. The van der Waals surface area contributed by atoms with Gasteiger partial charge in [-0.2, -0.15) is 0 Å². The van der Waals surface area contributed by atoms with Crippen LogP contribution in [0.4, 0.5) is 0 Å². The van der Waals surface area contributed by atoms with Crippen LogP contribution in [0.2, 0.25) is 0 Å². The number of nitrogens with zero attached hydrogens (tertiary/aromatic N) is 2. The minimum Gasteiger partial charge on any atom is -0.273 e. The summed E-state index contributed by atoms with van der Waals surface area (Å²) in [6.07, 6.45) is 1.79. The van der Waals surface area contributed by atoms with Crippen molar-refractivity contribution in [3.05, 3.63) is 65.2 Å². The highest BCUT2D eigenvalue weighted by Gasteiger charge is 2.22. The summed E-state index contributed by atoms with van der Waals surface area (Å²) in [5, 5.41) is 0. The first kappa shape index (κ1) is 15.1. The molecule has 0 saturated carbocycles. The fourth-order valence-corrected chi connectivity index (χ4v) is 1.64. The van der Waals surface area contributed by atoms with Crippen LogP contribution in [0.1, 0.15) is 20.7 Å². The van der Waals surface area contributed by atoms with E-state index in [0.29, 0.717) is 9.13 Å². The molecule has 114 valence electrons. The third-order valence-corrected chi connectivity index (χ3v) is 2.86. The average molecular weight is 306 g/mol. The Morgan fingerprint density at radius 2 is 1.09 bits per heavy atom. The first-order valence-corrected chi connectivity index (χ1v) is 5.96. The average Bonchev–Trinajstić information content (AvgIpc) is 2.45. The maximum absolute atomic E-state index is 12.0. The van der Waals surface area contributed by atoms with Crippen LogP contribution < -0.4 is 22.5 Å². The fraction of sp³-hybridized carbons (Fsp3) is 0.167. The molecule has 2 heterocycles. The van der Waals surface area contributed by atoms with Crippen molar-refractivity contribution in [3.8, 4) is 0 Å². The molecule has 0 spiro atoms. The van der Waals surface area contributed by atoms with E-state index < -0.39 is 34.3 Å². The molecule has 0 aliphatic rings. The SMILES string of the molecule is Cc1cn(C(=O)C(=O)n2cc(C)c(=O)[nH]c2=O)c(=O)[nH]c1=O. The monoisotopic (exact) mass is 306 g/mol. The molecule has 0 aliphatic carbocycles. The van der Waals surface area contributed by atoms with Gasteiger partial charge in [-0.05, 0) is 13.8 Å². The van der Waals surface area contributed by atoms with Crippen molar-refractivity contribution < 1.29 is 9.59 Å². The van der Waals surface area contributed by atoms with Crippen molar-refractivity contribution in [2.75, 3.05) is 0 Å². The highest BCUT2D eigenvalue weighted by atomic mass is 16.2. The molecule has 2 rings (SSSR count). The maximum atomic E-state index is 12.0. The Kier molecular flexibility index (Phi) is 3.59. The van der Waals surface area contributed by atoms with Crippen molar-refractivity contribution in [3.63, 3.8) is 0 Å². The fourth-order valence-electron chi connectivity index (χ4n) is 1.64. The van der Waals surface area contributed by atoms with Crippen molar-refractivity contribution in [2.45, 2.75) is 13.8 Å². The van der Waals surface area contributed by atoms with Crippen LogP contribution in [0.15, 0.2) is 31.6 Å². The Bertz CT molecular complexity index is 936. The molecule has 22 heavy (non-hydrogen) atoms. The molecule has 0 unspecified atom stereocenters. The number of nitrogens with one attached hydrogen (secondary N) is 2. The van der Waals surface area contributed by atoms with Gasteiger partial charge in [-0.1, -0.05) is 0 Å². The number of carbonyl (C=O) groups excluding carboxylic acids is 2. The van der Waals surface area contributed by atoms with Crippen LogP contribution in [0, 0.1) is 13.8 Å². The molecule has 2 N–H and O–H groups in total. The zero-order chi connectivity index (χ0) is 16.6. The molecular weight excluding hydrogens is 296 g/mol. The Morgan fingerprint density at radius 3 is 1.41 bits per heavy atom. The first-order chi connectivity index (χ1) is 10.2. The number of hydrogen-bond donors (Lipinski definition) is 2. The maximum Gasteiger partial charge on any atom is 0.335 e. The Balaban J connectivity index is 2.58. The minimum absolute atomic E-state index is 0.0331. The molecular formula is C12H10N4O6. The zero-order valence-corrected chi connectivity index (χ0v) is 11.5. The predicted molar refractivity (Wildman–Crippen MR) is 73.4 cm³/mol. The molecule has 10 nitrogen and oxygen atoms in total. The second kappa shape index (κ2) is 5.24. The number of aromatic nitrogens is 4. The Labute approximate surface area is 120 Å². The smallest absolute Gasteiger partial charge is 0.273 e. The summed E-state index contributed by atoms with van der Waals surface area (Å²) in [7, 11) is 0. The van der Waals surface area contributed by atoms with Gasteiger partial charge in [0.05, 0.1) is 0 Å². The topological polar surface area (TPSA) is 144 Å². The summed E-state index contributed by atoms with van der Waals surface area (Å²) in [5.41, 5.74) is -3.54. The second-order valence-electron chi connectivity index (χ2n) is 4.49. The van der Waals surface area contributed by atoms with E-state index in [1.165, 1.54) is 13.8 Å². The zero-order valence-electron chi connectivity index (χ0n) is 11.5. The van der Waals surface area contributed by atoms with Crippen molar-refractivity contribution in [1.29, 1.82) is 0 Å². The summed E-state index contributed by atoms with van der Waals surface area (Å²) in [6, 6.07) is 0. The largest absolute Gasteiger partial charge is 0.335 e. The summed E-state index contributed by atoms with van der Waals surface area (Å²) in [6.45, 7) is 2.67. The van der Waals surface area contributed by atoms with E-state index in [4.69, 9.17) is 0 Å². The van der Waals surface area contributed by atoms with Gasteiger partial charge in [0.15, 0.2) is 0 Å².